The summed E-state index contributed by atoms with van der Waals surface area (Å²) in [5.41, 5.74) is -0.189. The Hall–Kier alpha value is -1.78. The lowest BCUT2D eigenvalue weighted by Gasteiger charge is -2.18. The van der Waals surface area contributed by atoms with Crippen LogP contribution in [0.2, 0.25) is 0 Å². The Morgan fingerprint density at radius 3 is 2.94 bits per heavy atom. The molecule has 90 valence electrons. The number of halogens is 1. The van der Waals surface area contributed by atoms with Crippen molar-refractivity contribution in [2.45, 2.75) is 32.5 Å². The van der Waals surface area contributed by atoms with Crippen LogP contribution in [-0.2, 0) is 6.54 Å². The number of nitrogens with zero attached hydrogens (tertiary/aromatic N) is 3. The molecule has 17 heavy (non-hydrogen) atoms. The van der Waals surface area contributed by atoms with Crippen molar-refractivity contribution in [3.63, 3.8) is 0 Å². The summed E-state index contributed by atoms with van der Waals surface area (Å²) in [6.07, 6.45) is 4.28. The van der Waals surface area contributed by atoms with Gasteiger partial charge in [0.25, 0.3) is 0 Å². The van der Waals surface area contributed by atoms with Gasteiger partial charge in [0.2, 0.25) is 0 Å². The maximum atomic E-state index is 13.9. The van der Waals surface area contributed by atoms with Crippen molar-refractivity contribution in [2.24, 2.45) is 0 Å². The number of fused-ring (bicyclic) bond motifs is 1. The molecular weight excluding hydrogens is 221 g/mol. The molecule has 2 rings (SSSR count). The first-order chi connectivity index (χ1) is 8.05. The Bertz CT molecular complexity index is 548. The van der Waals surface area contributed by atoms with Crippen LogP contribution in [-0.4, -0.2) is 26.7 Å². The molecule has 0 aliphatic rings. The van der Waals surface area contributed by atoms with E-state index in [1.54, 1.807) is 37.0 Å². The normalized spacial score (nSPS) is 14.8. The molecule has 1 unspecified atom stereocenters. The number of aldehydes is 1. The van der Waals surface area contributed by atoms with Crippen molar-refractivity contribution in [3.8, 4) is 0 Å². The second-order valence-corrected chi connectivity index (χ2v) is 4.35. The quantitative estimate of drug-likeness (QED) is 0.764. The molecule has 2 heterocycles. The lowest BCUT2D eigenvalue weighted by atomic mass is 10.1. The zero-order valence-electron chi connectivity index (χ0n) is 9.85. The Kier molecular flexibility index (Phi) is 2.92. The van der Waals surface area contributed by atoms with Gasteiger partial charge in [-0.2, -0.15) is 5.10 Å². The predicted octanol–water partition coefficient (Wildman–Crippen LogP) is 2.38. The Morgan fingerprint density at radius 1 is 1.53 bits per heavy atom. The van der Waals surface area contributed by atoms with E-state index in [-0.39, 0.29) is 6.54 Å². The second-order valence-electron chi connectivity index (χ2n) is 4.35. The third-order valence-electron chi connectivity index (χ3n) is 2.89. The van der Waals surface area contributed by atoms with Crippen LogP contribution in [0.5, 0.6) is 0 Å². The van der Waals surface area contributed by atoms with Crippen molar-refractivity contribution in [1.82, 2.24) is 14.8 Å². The minimum Gasteiger partial charge on any atom is -0.296 e. The number of carbonyl (C=O) groups is 1. The molecule has 0 fully saturated rings. The van der Waals surface area contributed by atoms with Crippen LogP contribution in [0.15, 0.2) is 18.5 Å². The minimum atomic E-state index is -1.29. The number of carbonyl (C=O) groups excluding carboxylic acids is 1. The highest BCUT2D eigenvalue weighted by Crippen LogP contribution is 2.20. The summed E-state index contributed by atoms with van der Waals surface area (Å²) in [6, 6.07) is 1.65. The molecule has 4 nitrogen and oxygen atoms in total. The summed E-state index contributed by atoms with van der Waals surface area (Å²) >= 11 is 0. The zero-order chi connectivity index (χ0) is 12.5. The molecule has 0 saturated carbocycles. The Morgan fingerprint density at radius 2 is 2.29 bits per heavy atom. The molecule has 0 amide bonds. The van der Waals surface area contributed by atoms with Crippen LogP contribution in [0.1, 0.15) is 30.8 Å². The number of aromatic nitrogens is 3. The Labute approximate surface area is 98.5 Å². The van der Waals surface area contributed by atoms with Gasteiger partial charge >= 0.3 is 0 Å². The Balaban J connectivity index is 2.40. The van der Waals surface area contributed by atoms with Crippen molar-refractivity contribution in [3.05, 3.63) is 24.2 Å². The van der Waals surface area contributed by atoms with Crippen LogP contribution in [0.4, 0.5) is 4.39 Å². The van der Waals surface area contributed by atoms with E-state index >= 15 is 0 Å². The lowest BCUT2D eigenvalue weighted by molar-refractivity contribution is 0.111. The van der Waals surface area contributed by atoms with Crippen LogP contribution in [0, 0.1) is 0 Å². The maximum absolute atomic E-state index is 13.9. The molecule has 0 saturated heterocycles. The first-order valence-corrected chi connectivity index (χ1v) is 5.51. The van der Waals surface area contributed by atoms with E-state index < -0.39 is 5.67 Å². The van der Waals surface area contributed by atoms with Gasteiger partial charge in [0.15, 0.2) is 6.29 Å². The summed E-state index contributed by atoms with van der Waals surface area (Å²) in [4.78, 5) is 14.5. The van der Waals surface area contributed by atoms with Gasteiger partial charge in [-0.1, -0.05) is 6.92 Å². The fourth-order valence-corrected chi connectivity index (χ4v) is 1.61. The van der Waals surface area contributed by atoms with E-state index in [2.05, 4.69) is 10.1 Å². The first kappa shape index (κ1) is 11.7. The average Bonchev–Trinajstić information content (AvgIpc) is 2.71. The number of hydrogen-bond donors (Lipinski definition) is 0. The molecule has 0 aliphatic carbocycles. The second kappa shape index (κ2) is 4.24. The van der Waals surface area contributed by atoms with Gasteiger partial charge in [-0.15, -0.1) is 0 Å². The average molecular weight is 235 g/mol. The van der Waals surface area contributed by atoms with Gasteiger partial charge in [0, 0.05) is 5.39 Å². The van der Waals surface area contributed by atoms with Crippen LogP contribution in [0.3, 0.4) is 0 Å². The summed E-state index contributed by atoms with van der Waals surface area (Å²) in [5.74, 6) is 0. The number of alkyl halides is 1. The van der Waals surface area contributed by atoms with Gasteiger partial charge in [-0.25, -0.2) is 4.39 Å². The third-order valence-corrected chi connectivity index (χ3v) is 2.89. The van der Waals surface area contributed by atoms with Gasteiger partial charge in [-0.3, -0.25) is 14.5 Å². The van der Waals surface area contributed by atoms with Gasteiger partial charge in [-0.05, 0) is 19.4 Å². The van der Waals surface area contributed by atoms with Gasteiger partial charge < -0.3 is 0 Å². The molecule has 0 radical (unpaired) electrons. The molecule has 0 bridgehead atoms. The molecule has 0 aliphatic heterocycles. The molecule has 2 aromatic rings. The van der Waals surface area contributed by atoms with E-state index in [4.69, 9.17) is 0 Å². The van der Waals surface area contributed by atoms with E-state index in [1.165, 1.54) is 0 Å². The van der Waals surface area contributed by atoms with Crippen molar-refractivity contribution >= 4 is 17.2 Å². The highest BCUT2D eigenvalue weighted by atomic mass is 19.1. The lowest BCUT2D eigenvalue weighted by Crippen LogP contribution is -2.24. The molecule has 0 N–H and O–H groups in total. The summed E-state index contributed by atoms with van der Waals surface area (Å²) in [6.45, 7) is 3.54. The van der Waals surface area contributed by atoms with Crippen molar-refractivity contribution in [2.75, 3.05) is 0 Å². The summed E-state index contributed by atoms with van der Waals surface area (Å²) in [7, 11) is 0. The fraction of sp³-hybridized carbons (Fsp3) is 0.417. The van der Waals surface area contributed by atoms with Gasteiger partial charge in [0.1, 0.15) is 11.4 Å². The summed E-state index contributed by atoms with van der Waals surface area (Å²) < 4.78 is 15.5. The molecule has 0 aromatic carbocycles. The molecule has 0 spiro atoms. The third kappa shape index (κ3) is 2.33. The standard InChI is InChI=1S/C12H14FN3O/c1-3-12(2,13)8-16-11-6-14-10(7-17)4-9(11)5-15-16/h4-7H,3,8H2,1-2H3. The highest BCUT2D eigenvalue weighted by Gasteiger charge is 2.22. The fourth-order valence-electron chi connectivity index (χ4n) is 1.61. The SMILES string of the molecule is CCC(C)(F)Cn1ncc2cc(C=O)ncc21. The number of pyridine rings is 1. The topological polar surface area (TPSA) is 47.8 Å². The predicted molar refractivity (Wildman–Crippen MR) is 62.7 cm³/mol. The smallest absolute Gasteiger partial charge is 0.168 e. The minimum absolute atomic E-state index is 0.190. The van der Waals surface area contributed by atoms with Crippen LogP contribution >= 0.6 is 0 Å². The largest absolute Gasteiger partial charge is 0.296 e. The van der Waals surface area contributed by atoms with Crippen molar-refractivity contribution < 1.29 is 9.18 Å². The van der Waals surface area contributed by atoms with E-state index in [0.717, 1.165) is 10.9 Å². The van der Waals surface area contributed by atoms with E-state index in [0.29, 0.717) is 18.4 Å². The summed E-state index contributed by atoms with van der Waals surface area (Å²) in [5, 5.41) is 4.92. The molecule has 1 atom stereocenters. The molecular formula is C12H14FN3O. The van der Waals surface area contributed by atoms with Crippen LogP contribution in [0.25, 0.3) is 10.9 Å². The van der Waals surface area contributed by atoms with Crippen LogP contribution < -0.4 is 0 Å². The van der Waals surface area contributed by atoms with Gasteiger partial charge in [0.05, 0.1) is 24.5 Å². The monoisotopic (exact) mass is 235 g/mol. The maximum Gasteiger partial charge on any atom is 0.168 e. The molecule has 2 aromatic heterocycles. The zero-order valence-corrected chi connectivity index (χ0v) is 9.85. The first-order valence-electron chi connectivity index (χ1n) is 5.51. The van der Waals surface area contributed by atoms with Crippen molar-refractivity contribution in [1.29, 1.82) is 0 Å². The highest BCUT2D eigenvalue weighted by molar-refractivity contribution is 5.84. The number of hydrogen-bond acceptors (Lipinski definition) is 3. The van der Waals surface area contributed by atoms with E-state index in [1.807, 2.05) is 0 Å². The van der Waals surface area contributed by atoms with E-state index in [9.17, 15) is 9.18 Å². The molecule has 5 heteroatoms. The number of rotatable bonds is 4.